The third kappa shape index (κ3) is 4.65. The first-order chi connectivity index (χ1) is 18.8. The summed E-state index contributed by atoms with van der Waals surface area (Å²) in [6.07, 6.45) is 7.74. The van der Waals surface area contributed by atoms with Crippen molar-refractivity contribution in [2.45, 2.75) is 58.4 Å². The van der Waals surface area contributed by atoms with Crippen LogP contribution in [0.25, 0.3) is 16.7 Å². The van der Waals surface area contributed by atoms with Crippen molar-refractivity contribution in [2.24, 2.45) is 18.9 Å². The van der Waals surface area contributed by atoms with Crippen LogP contribution >= 0.6 is 11.6 Å². The predicted octanol–water partition coefficient (Wildman–Crippen LogP) is 4.84. The lowest BCUT2D eigenvalue weighted by molar-refractivity contribution is 0.175. The quantitative estimate of drug-likeness (QED) is 0.354. The Morgan fingerprint density at radius 2 is 2.03 bits per heavy atom. The van der Waals surface area contributed by atoms with Gasteiger partial charge in [-0.1, -0.05) is 25.4 Å². The highest BCUT2D eigenvalue weighted by molar-refractivity contribution is 6.35. The number of nitrogens with one attached hydrogen (secondary N) is 1. The average Bonchev–Trinajstić information content (AvgIpc) is 3.51. The Labute approximate surface area is 233 Å². The van der Waals surface area contributed by atoms with Crippen molar-refractivity contribution in [3.63, 3.8) is 0 Å². The van der Waals surface area contributed by atoms with Crippen LogP contribution in [0, 0.1) is 11.8 Å². The molecule has 0 unspecified atom stereocenters. The fourth-order valence-electron chi connectivity index (χ4n) is 6.66. The van der Waals surface area contributed by atoms with E-state index < -0.39 is 0 Å². The van der Waals surface area contributed by atoms with E-state index in [1.54, 1.807) is 12.5 Å². The number of halogens is 1. The lowest BCUT2D eigenvalue weighted by atomic mass is 9.58. The second-order valence-electron chi connectivity index (χ2n) is 11.6. The van der Waals surface area contributed by atoms with E-state index in [-0.39, 0.29) is 11.0 Å². The summed E-state index contributed by atoms with van der Waals surface area (Å²) >= 11 is 6.78. The number of aromatic nitrogens is 6. The molecule has 2 aliphatic rings. The number of ether oxygens (including phenoxy) is 1. The molecule has 0 radical (unpaired) electrons. The van der Waals surface area contributed by atoms with E-state index in [9.17, 15) is 4.79 Å². The predicted molar refractivity (Wildman–Crippen MR) is 152 cm³/mol. The lowest BCUT2D eigenvalue weighted by Crippen LogP contribution is -2.43. The molecule has 1 saturated heterocycles. The molecule has 0 bridgehead atoms. The molecule has 1 aliphatic heterocycles. The number of H-pyrrole nitrogens is 1. The highest BCUT2D eigenvalue weighted by Crippen LogP contribution is 2.52. The second-order valence-corrected chi connectivity index (χ2v) is 12.0. The molecule has 0 amide bonds. The number of pyridine rings is 2. The average molecular weight is 550 g/mol. The fourth-order valence-corrected chi connectivity index (χ4v) is 6.91. The third-order valence-corrected chi connectivity index (χ3v) is 8.66. The van der Waals surface area contributed by atoms with Gasteiger partial charge < -0.3 is 14.3 Å². The summed E-state index contributed by atoms with van der Waals surface area (Å²) in [6, 6.07) is 5.97. The third-order valence-electron chi connectivity index (χ3n) is 8.35. The van der Waals surface area contributed by atoms with E-state index in [1.165, 1.54) is 17.4 Å². The minimum Gasteiger partial charge on any atom is -0.478 e. The van der Waals surface area contributed by atoms with Crippen molar-refractivity contribution in [2.75, 3.05) is 19.7 Å². The molecule has 4 aromatic rings. The van der Waals surface area contributed by atoms with Gasteiger partial charge in [-0.15, -0.1) is 10.2 Å². The zero-order chi connectivity index (χ0) is 27.3. The van der Waals surface area contributed by atoms with Gasteiger partial charge in [0.15, 0.2) is 0 Å². The minimum atomic E-state index is -0.323. The first-order valence-corrected chi connectivity index (χ1v) is 14.3. The van der Waals surface area contributed by atoms with Crippen LogP contribution in [0.3, 0.4) is 0 Å². The number of nitrogens with zero attached hydrogens (tertiary/aromatic N) is 6. The maximum absolute atomic E-state index is 13.8. The second kappa shape index (κ2) is 10.1. The van der Waals surface area contributed by atoms with Crippen molar-refractivity contribution >= 4 is 22.5 Å². The Hall–Kier alpha value is -3.17. The normalized spacial score (nSPS) is 23.7. The first kappa shape index (κ1) is 26.1. The van der Waals surface area contributed by atoms with E-state index in [4.69, 9.17) is 21.3 Å². The molecule has 1 N–H and O–H groups in total. The summed E-state index contributed by atoms with van der Waals surface area (Å²) < 4.78 is 9.40. The van der Waals surface area contributed by atoms with E-state index in [0.29, 0.717) is 40.7 Å². The summed E-state index contributed by atoms with van der Waals surface area (Å²) in [5, 5.41) is 9.88. The molecule has 10 heteroatoms. The molecule has 4 aromatic heterocycles. The summed E-state index contributed by atoms with van der Waals surface area (Å²) in [5.41, 5.74) is 2.00. The van der Waals surface area contributed by atoms with Crippen LogP contribution in [0.1, 0.15) is 63.5 Å². The molecule has 9 nitrogen and oxygen atoms in total. The Morgan fingerprint density at radius 1 is 1.21 bits per heavy atom. The number of hydrogen-bond donors (Lipinski definition) is 1. The molecule has 2 fully saturated rings. The topological polar surface area (TPSA) is 93.9 Å². The highest BCUT2D eigenvalue weighted by atomic mass is 35.5. The van der Waals surface area contributed by atoms with Crippen molar-refractivity contribution in [3.8, 4) is 11.7 Å². The number of rotatable bonds is 7. The number of piperidine rings is 1. The van der Waals surface area contributed by atoms with E-state index >= 15 is 0 Å². The van der Waals surface area contributed by atoms with Crippen LogP contribution in [-0.2, 0) is 19.0 Å². The maximum Gasteiger partial charge on any atom is 0.280 e. The summed E-state index contributed by atoms with van der Waals surface area (Å²) in [6.45, 7) is 9.84. The standard InChI is InChI=1S/C29H36ClN7O2/c1-5-39-25-10-20(29(12-19(3)13-29)28-34-31-17-35(28)4)9-24(33-25)37-16-23(30)22-11-21(32-26(22)27(37)38)15-36-8-6-7-18(2)14-36/h9-11,16-19,32H,5-8,12-15H2,1-4H3/t18-,19?,29?/m0/s1. The van der Waals surface area contributed by atoms with Crippen LogP contribution in [0.15, 0.2) is 35.5 Å². The van der Waals surface area contributed by atoms with E-state index in [0.717, 1.165) is 54.9 Å². The van der Waals surface area contributed by atoms with Gasteiger partial charge in [0.1, 0.15) is 23.5 Å². The number of aryl methyl sites for hydroxylation is 1. The van der Waals surface area contributed by atoms with Gasteiger partial charge in [0.2, 0.25) is 5.88 Å². The molecule has 0 spiro atoms. The molecule has 39 heavy (non-hydrogen) atoms. The van der Waals surface area contributed by atoms with Crippen molar-refractivity contribution < 1.29 is 4.74 Å². The number of fused-ring (bicyclic) bond motifs is 1. The van der Waals surface area contributed by atoms with Gasteiger partial charge in [-0.05, 0) is 68.7 Å². The Balaban J connectivity index is 1.44. The zero-order valence-corrected chi connectivity index (χ0v) is 23.8. The first-order valence-electron chi connectivity index (χ1n) is 13.9. The molecule has 1 aliphatic carbocycles. The largest absolute Gasteiger partial charge is 0.478 e. The number of hydrogen-bond acceptors (Lipinski definition) is 6. The minimum absolute atomic E-state index is 0.186. The van der Waals surface area contributed by atoms with Crippen molar-refractivity contribution in [1.82, 2.24) is 34.2 Å². The van der Waals surface area contributed by atoms with E-state index in [1.807, 2.05) is 36.7 Å². The molecular weight excluding hydrogens is 514 g/mol. The van der Waals surface area contributed by atoms with Crippen LogP contribution in [0.2, 0.25) is 5.02 Å². The summed E-state index contributed by atoms with van der Waals surface area (Å²) in [7, 11) is 1.97. The molecular formula is C29H36ClN7O2. The molecule has 6 rings (SSSR count). The van der Waals surface area contributed by atoms with Crippen molar-refractivity contribution in [1.29, 1.82) is 0 Å². The summed E-state index contributed by atoms with van der Waals surface area (Å²) in [4.78, 5) is 24.4. The van der Waals surface area contributed by atoms with Crippen molar-refractivity contribution in [3.05, 3.63) is 63.2 Å². The zero-order valence-electron chi connectivity index (χ0n) is 23.1. The van der Waals surface area contributed by atoms with Gasteiger partial charge in [-0.25, -0.2) is 0 Å². The van der Waals surface area contributed by atoms with Gasteiger partial charge >= 0.3 is 0 Å². The van der Waals surface area contributed by atoms with Crippen LogP contribution in [0.4, 0.5) is 0 Å². The molecule has 1 atom stereocenters. The molecule has 206 valence electrons. The molecule has 1 saturated carbocycles. The number of aromatic amines is 1. The van der Waals surface area contributed by atoms with Gasteiger partial charge in [0.05, 0.1) is 17.0 Å². The fraction of sp³-hybridized carbons (Fsp3) is 0.517. The smallest absolute Gasteiger partial charge is 0.280 e. The maximum atomic E-state index is 13.8. The SMILES string of the molecule is CCOc1cc(C2(c3nncn3C)CC(C)C2)cc(-n2cc(Cl)c3cc(CN4CCC[C@H](C)C4)[nH]c3c2=O)n1. The van der Waals surface area contributed by atoms with Gasteiger partial charge in [-0.3, -0.25) is 14.3 Å². The van der Waals surface area contributed by atoms with Gasteiger partial charge in [0.25, 0.3) is 5.56 Å². The summed E-state index contributed by atoms with van der Waals surface area (Å²) in [5.74, 6) is 3.09. The van der Waals surface area contributed by atoms with Gasteiger partial charge in [-0.2, -0.15) is 4.98 Å². The monoisotopic (exact) mass is 549 g/mol. The Kier molecular flexibility index (Phi) is 6.75. The Morgan fingerprint density at radius 3 is 2.72 bits per heavy atom. The van der Waals surface area contributed by atoms with Crippen LogP contribution in [-0.4, -0.2) is 53.9 Å². The highest BCUT2D eigenvalue weighted by Gasteiger charge is 2.48. The lowest BCUT2D eigenvalue weighted by Gasteiger charge is -2.46. The van der Waals surface area contributed by atoms with Crippen LogP contribution < -0.4 is 10.3 Å². The number of likely N-dealkylation sites (tertiary alicyclic amines) is 1. The Bertz CT molecular complexity index is 1570. The van der Waals surface area contributed by atoms with E-state index in [2.05, 4.69) is 33.9 Å². The molecule has 5 heterocycles. The molecule has 0 aromatic carbocycles. The van der Waals surface area contributed by atoms with Gasteiger partial charge in [0, 0.05) is 43.5 Å². The van der Waals surface area contributed by atoms with Crippen LogP contribution in [0.5, 0.6) is 5.88 Å².